The van der Waals surface area contributed by atoms with Crippen LogP contribution in [0, 0.1) is 0 Å². The van der Waals surface area contributed by atoms with Crippen LogP contribution in [0.4, 0.5) is 5.13 Å². The van der Waals surface area contributed by atoms with E-state index in [-0.39, 0.29) is 0 Å². The molecule has 0 amide bonds. The molecule has 2 fully saturated rings. The Hall–Kier alpha value is -0.680. The van der Waals surface area contributed by atoms with E-state index in [2.05, 4.69) is 28.4 Å². The zero-order valence-electron chi connectivity index (χ0n) is 11.9. The molecule has 0 radical (unpaired) electrons. The lowest BCUT2D eigenvalue weighted by molar-refractivity contribution is 0.346. The Balaban J connectivity index is 1.76. The highest BCUT2D eigenvalue weighted by molar-refractivity contribution is 7.09. The van der Waals surface area contributed by atoms with Gasteiger partial charge in [0.15, 0.2) is 0 Å². The summed E-state index contributed by atoms with van der Waals surface area (Å²) in [5.74, 6) is 0.998. The standard InChI is InChI=1S/C14H24N4S/c1-3-7-18(14-16-13(4-2)17-19-14)12-8-10-5-6-11(9-12)15-10/h10-12,15H,3-9H2,1-2H3. The Labute approximate surface area is 119 Å². The fourth-order valence-electron chi connectivity index (χ4n) is 3.46. The van der Waals surface area contributed by atoms with Gasteiger partial charge in [-0.05, 0) is 32.1 Å². The molecule has 4 nitrogen and oxygen atoms in total. The van der Waals surface area contributed by atoms with E-state index in [1.807, 2.05) is 0 Å². The molecular weight excluding hydrogens is 256 g/mol. The summed E-state index contributed by atoms with van der Waals surface area (Å²) in [5.41, 5.74) is 0. The van der Waals surface area contributed by atoms with E-state index in [1.54, 1.807) is 11.5 Å². The molecule has 3 heterocycles. The molecule has 0 aromatic carbocycles. The van der Waals surface area contributed by atoms with Crippen molar-refractivity contribution < 1.29 is 0 Å². The van der Waals surface area contributed by atoms with Gasteiger partial charge in [0, 0.05) is 42.6 Å². The maximum Gasteiger partial charge on any atom is 0.205 e. The molecule has 2 unspecified atom stereocenters. The first-order valence-corrected chi connectivity index (χ1v) is 8.42. The first-order valence-electron chi connectivity index (χ1n) is 7.65. The molecule has 2 aliphatic rings. The number of piperidine rings is 1. The van der Waals surface area contributed by atoms with Crippen LogP contribution in [0.2, 0.25) is 0 Å². The summed E-state index contributed by atoms with van der Waals surface area (Å²) in [6.45, 7) is 5.49. The molecule has 3 rings (SSSR count). The van der Waals surface area contributed by atoms with Crippen LogP contribution in [-0.2, 0) is 6.42 Å². The van der Waals surface area contributed by atoms with E-state index in [9.17, 15) is 0 Å². The van der Waals surface area contributed by atoms with Crippen LogP contribution in [0.3, 0.4) is 0 Å². The van der Waals surface area contributed by atoms with Gasteiger partial charge in [-0.1, -0.05) is 13.8 Å². The van der Waals surface area contributed by atoms with Crippen molar-refractivity contribution in [3.63, 3.8) is 0 Å². The van der Waals surface area contributed by atoms with Gasteiger partial charge < -0.3 is 10.2 Å². The topological polar surface area (TPSA) is 41.1 Å². The van der Waals surface area contributed by atoms with E-state index in [0.29, 0.717) is 6.04 Å². The van der Waals surface area contributed by atoms with Crippen LogP contribution in [-0.4, -0.2) is 34.0 Å². The molecule has 19 heavy (non-hydrogen) atoms. The Morgan fingerprint density at radius 2 is 2.00 bits per heavy atom. The van der Waals surface area contributed by atoms with Crippen LogP contribution in [0.15, 0.2) is 0 Å². The smallest absolute Gasteiger partial charge is 0.205 e. The average Bonchev–Trinajstić information content (AvgIpc) is 3.02. The Bertz CT molecular complexity index is 407. The maximum atomic E-state index is 4.71. The minimum Gasteiger partial charge on any atom is -0.344 e. The number of rotatable bonds is 5. The lowest BCUT2D eigenvalue weighted by Crippen LogP contribution is -2.48. The number of anilines is 1. The van der Waals surface area contributed by atoms with Gasteiger partial charge in [-0.2, -0.15) is 4.37 Å². The zero-order chi connectivity index (χ0) is 13.2. The van der Waals surface area contributed by atoms with Crippen molar-refractivity contribution in [1.29, 1.82) is 0 Å². The van der Waals surface area contributed by atoms with E-state index < -0.39 is 0 Å². The lowest BCUT2D eigenvalue weighted by Gasteiger charge is -2.37. The van der Waals surface area contributed by atoms with Gasteiger partial charge in [-0.3, -0.25) is 0 Å². The molecule has 5 heteroatoms. The highest BCUT2D eigenvalue weighted by Gasteiger charge is 2.36. The molecule has 0 saturated carbocycles. The molecule has 2 bridgehead atoms. The van der Waals surface area contributed by atoms with Crippen molar-refractivity contribution in [3.8, 4) is 0 Å². The highest BCUT2D eigenvalue weighted by Crippen LogP contribution is 2.32. The first-order chi connectivity index (χ1) is 9.30. The molecular formula is C14H24N4S. The predicted molar refractivity (Wildman–Crippen MR) is 79.9 cm³/mol. The Morgan fingerprint density at radius 3 is 2.58 bits per heavy atom. The highest BCUT2D eigenvalue weighted by atomic mass is 32.1. The number of nitrogens with zero attached hydrogens (tertiary/aromatic N) is 3. The molecule has 1 N–H and O–H groups in total. The lowest BCUT2D eigenvalue weighted by atomic mass is 9.98. The number of fused-ring (bicyclic) bond motifs is 2. The van der Waals surface area contributed by atoms with Crippen molar-refractivity contribution in [1.82, 2.24) is 14.7 Å². The van der Waals surface area contributed by atoms with Gasteiger partial charge >= 0.3 is 0 Å². The molecule has 0 spiro atoms. The number of aryl methyl sites for hydroxylation is 1. The van der Waals surface area contributed by atoms with Crippen LogP contribution >= 0.6 is 11.5 Å². The van der Waals surface area contributed by atoms with E-state index >= 15 is 0 Å². The van der Waals surface area contributed by atoms with Crippen molar-refractivity contribution in [2.24, 2.45) is 0 Å². The molecule has 1 aromatic heterocycles. The third-order valence-corrected chi connectivity index (χ3v) is 5.16. The van der Waals surface area contributed by atoms with Gasteiger partial charge in [0.05, 0.1) is 0 Å². The van der Waals surface area contributed by atoms with Gasteiger partial charge in [0.1, 0.15) is 5.82 Å². The van der Waals surface area contributed by atoms with Crippen molar-refractivity contribution in [3.05, 3.63) is 5.82 Å². The van der Waals surface area contributed by atoms with Gasteiger partial charge in [-0.25, -0.2) is 4.98 Å². The third-order valence-electron chi connectivity index (χ3n) is 4.37. The van der Waals surface area contributed by atoms with Crippen LogP contribution in [0.25, 0.3) is 0 Å². The fourth-order valence-corrected chi connectivity index (χ4v) is 4.31. The van der Waals surface area contributed by atoms with Crippen molar-refractivity contribution in [2.75, 3.05) is 11.4 Å². The fraction of sp³-hybridized carbons (Fsp3) is 0.857. The number of nitrogens with one attached hydrogen (secondary N) is 1. The van der Waals surface area contributed by atoms with E-state index in [4.69, 9.17) is 4.98 Å². The third kappa shape index (κ3) is 2.77. The summed E-state index contributed by atoms with van der Waals surface area (Å²) >= 11 is 1.58. The molecule has 0 aliphatic carbocycles. The summed E-state index contributed by atoms with van der Waals surface area (Å²) in [6, 6.07) is 2.14. The van der Waals surface area contributed by atoms with E-state index in [1.165, 1.54) is 32.1 Å². The molecule has 1 aromatic rings. The minimum atomic E-state index is 0.663. The SMILES string of the molecule is CCCN(c1nc(CC)ns1)C1CC2CCC(C1)N2. The molecule has 2 atom stereocenters. The second-order valence-electron chi connectivity index (χ2n) is 5.80. The van der Waals surface area contributed by atoms with Crippen molar-refractivity contribution >= 4 is 16.7 Å². The molecule has 106 valence electrons. The summed E-state index contributed by atoms with van der Waals surface area (Å²) in [6.07, 6.45) is 7.39. The predicted octanol–water partition coefficient (Wildman–Crippen LogP) is 2.60. The minimum absolute atomic E-state index is 0.663. The summed E-state index contributed by atoms with van der Waals surface area (Å²) in [7, 11) is 0. The summed E-state index contributed by atoms with van der Waals surface area (Å²) in [5, 5.41) is 4.87. The van der Waals surface area contributed by atoms with Gasteiger partial charge in [0.2, 0.25) is 5.13 Å². The van der Waals surface area contributed by atoms with Gasteiger partial charge in [-0.15, -0.1) is 0 Å². The van der Waals surface area contributed by atoms with Crippen LogP contribution in [0.1, 0.15) is 51.8 Å². The Morgan fingerprint density at radius 1 is 1.26 bits per heavy atom. The van der Waals surface area contributed by atoms with Crippen LogP contribution < -0.4 is 10.2 Å². The Kier molecular flexibility index (Phi) is 4.03. The monoisotopic (exact) mass is 280 g/mol. The first kappa shape index (κ1) is 13.3. The van der Waals surface area contributed by atoms with Gasteiger partial charge in [0.25, 0.3) is 0 Å². The number of aromatic nitrogens is 2. The average molecular weight is 280 g/mol. The second kappa shape index (κ2) is 5.75. The zero-order valence-corrected chi connectivity index (χ0v) is 12.7. The summed E-state index contributed by atoms with van der Waals surface area (Å²) in [4.78, 5) is 7.24. The second-order valence-corrected chi connectivity index (χ2v) is 6.53. The summed E-state index contributed by atoms with van der Waals surface area (Å²) < 4.78 is 4.46. The number of hydrogen-bond donors (Lipinski definition) is 1. The number of hydrogen-bond acceptors (Lipinski definition) is 5. The van der Waals surface area contributed by atoms with Crippen LogP contribution in [0.5, 0.6) is 0 Å². The molecule has 2 aliphatic heterocycles. The van der Waals surface area contributed by atoms with Crippen molar-refractivity contribution in [2.45, 2.75) is 70.5 Å². The largest absolute Gasteiger partial charge is 0.344 e. The maximum absolute atomic E-state index is 4.71. The van der Waals surface area contributed by atoms with E-state index in [0.717, 1.165) is 36.0 Å². The molecule has 2 saturated heterocycles. The normalized spacial score (nSPS) is 29.7. The quantitative estimate of drug-likeness (QED) is 0.900.